The fourth-order valence-corrected chi connectivity index (χ4v) is 5.17. The Kier molecular flexibility index (Phi) is 7.85. The van der Waals surface area contributed by atoms with E-state index in [9.17, 15) is 9.59 Å². The summed E-state index contributed by atoms with van der Waals surface area (Å²) in [6.07, 6.45) is 4.29. The van der Waals surface area contributed by atoms with Gasteiger partial charge in [0, 0.05) is 10.9 Å². The van der Waals surface area contributed by atoms with E-state index in [0.29, 0.717) is 22.7 Å². The highest BCUT2D eigenvalue weighted by Crippen LogP contribution is 2.36. The number of carbonyl (C=O) groups is 2. The molecule has 2 amide bonds. The van der Waals surface area contributed by atoms with E-state index in [4.69, 9.17) is 9.47 Å². The van der Waals surface area contributed by atoms with Crippen molar-refractivity contribution in [2.75, 3.05) is 19.1 Å². The Balaban J connectivity index is 1.81. The summed E-state index contributed by atoms with van der Waals surface area (Å²) in [5.74, 6) is 0.775. The largest absolute Gasteiger partial charge is 0.497 e. The van der Waals surface area contributed by atoms with Crippen LogP contribution in [0.3, 0.4) is 0 Å². The minimum absolute atomic E-state index is 0.118. The average molecular weight is 479 g/mol. The monoisotopic (exact) mass is 478 g/mol. The van der Waals surface area contributed by atoms with Crippen LogP contribution in [0.2, 0.25) is 0 Å². The molecule has 1 atom stereocenters. The maximum Gasteiger partial charge on any atom is 0.248 e. The highest BCUT2D eigenvalue weighted by Gasteiger charge is 2.35. The lowest BCUT2D eigenvalue weighted by atomic mass is 10.0. The van der Waals surface area contributed by atoms with Gasteiger partial charge in [-0.15, -0.1) is 11.3 Å². The van der Waals surface area contributed by atoms with E-state index >= 15 is 0 Å². The van der Waals surface area contributed by atoms with Gasteiger partial charge in [-0.2, -0.15) is 0 Å². The first kappa shape index (κ1) is 23.8. The van der Waals surface area contributed by atoms with Gasteiger partial charge >= 0.3 is 0 Å². The van der Waals surface area contributed by atoms with E-state index in [1.165, 1.54) is 11.3 Å². The van der Waals surface area contributed by atoms with Gasteiger partial charge in [-0.3, -0.25) is 14.5 Å². The summed E-state index contributed by atoms with van der Waals surface area (Å²) in [5.41, 5.74) is 1.24. The molecule has 0 spiro atoms. The van der Waals surface area contributed by atoms with Gasteiger partial charge in [0.2, 0.25) is 11.8 Å². The van der Waals surface area contributed by atoms with Crippen molar-refractivity contribution in [2.24, 2.45) is 0 Å². The second-order valence-corrected chi connectivity index (χ2v) is 9.39. The standard InChI is InChI=1S/C27H30N2O4S/c1-32-21-12-7-9-19(17-21)26(27(31)28-20-10-3-4-11-20)29(23-14-5-6-15-24(23)33-2)25(30)18-22-13-8-16-34-22/h5-9,12-17,20,26H,3-4,10-11,18H2,1-2H3,(H,28,31). The molecule has 6 nitrogen and oxygen atoms in total. The van der Waals surface area contributed by atoms with Crippen LogP contribution < -0.4 is 19.7 Å². The minimum Gasteiger partial charge on any atom is -0.497 e. The van der Waals surface area contributed by atoms with Crippen LogP contribution in [0.25, 0.3) is 0 Å². The van der Waals surface area contributed by atoms with Crippen molar-refractivity contribution in [3.63, 3.8) is 0 Å². The molecule has 34 heavy (non-hydrogen) atoms. The molecule has 1 unspecified atom stereocenters. The topological polar surface area (TPSA) is 67.9 Å². The average Bonchev–Trinajstić information content (AvgIpc) is 3.57. The molecule has 1 saturated carbocycles. The molecule has 0 saturated heterocycles. The molecule has 1 N–H and O–H groups in total. The Morgan fingerprint density at radius 1 is 1.03 bits per heavy atom. The van der Waals surface area contributed by atoms with E-state index in [2.05, 4.69) is 5.32 Å². The summed E-state index contributed by atoms with van der Waals surface area (Å²) in [4.78, 5) is 30.2. The number of hydrogen-bond acceptors (Lipinski definition) is 5. The lowest BCUT2D eigenvalue weighted by Gasteiger charge is -2.33. The van der Waals surface area contributed by atoms with Gasteiger partial charge in [0.1, 0.15) is 17.5 Å². The second-order valence-electron chi connectivity index (χ2n) is 8.36. The Morgan fingerprint density at radius 3 is 2.53 bits per heavy atom. The normalized spacial score (nSPS) is 14.4. The molecule has 1 aliphatic rings. The van der Waals surface area contributed by atoms with Gasteiger partial charge in [-0.25, -0.2) is 0 Å². The Morgan fingerprint density at radius 2 is 1.82 bits per heavy atom. The summed E-state index contributed by atoms with van der Waals surface area (Å²) in [7, 11) is 3.16. The van der Waals surface area contributed by atoms with Gasteiger partial charge in [0.25, 0.3) is 0 Å². The van der Waals surface area contributed by atoms with E-state index < -0.39 is 6.04 Å². The zero-order chi connectivity index (χ0) is 23.9. The summed E-state index contributed by atoms with van der Waals surface area (Å²) in [6.45, 7) is 0. The third kappa shape index (κ3) is 5.42. The number of nitrogens with zero attached hydrogens (tertiary/aromatic N) is 1. The highest BCUT2D eigenvalue weighted by atomic mass is 32.1. The van der Waals surface area contributed by atoms with Gasteiger partial charge in [-0.1, -0.05) is 43.2 Å². The van der Waals surface area contributed by atoms with Crippen LogP contribution >= 0.6 is 11.3 Å². The Hall–Kier alpha value is -3.32. The van der Waals surface area contributed by atoms with E-state index in [1.807, 2.05) is 60.0 Å². The van der Waals surface area contributed by atoms with Crippen molar-refractivity contribution in [3.05, 3.63) is 76.5 Å². The number of hydrogen-bond donors (Lipinski definition) is 1. The molecule has 178 valence electrons. The number of anilines is 1. The lowest BCUT2D eigenvalue weighted by molar-refractivity contribution is -0.127. The molecule has 0 radical (unpaired) electrons. The first-order chi connectivity index (χ1) is 16.6. The van der Waals surface area contributed by atoms with Crippen molar-refractivity contribution < 1.29 is 19.1 Å². The third-order valence-corrected chi connectivity index (χ3v) is 7.01. The predicted octanol–water partition coefficient (Wildman–Crippen LogP) is 5.14. The quantitative estimate of drug-likeness (QED) is 0.462. The fourth-order valence-electron chi connectivity index (χ4n) is 4.47. The third-order valence-electron chi connectivity index (χ3n) is 6.14. The number of thiophene rings is 1. The van der Waals surface area contributed by atoms with Crippen molar-refractivity contribution in [1.29, 1.82) is 0 Å². The maximum absolute atomic E-state index is 13.9. The molecule has 4 rings (SSSR count). The molecule has 1 aliphatic carbocycles. The van der Waals surface area contributed by atoms with Gasteiger partial charge in [0.15, 0.2) is 0 Å². The molecule has 2 aromatic carbocycles. The van der Waals surface area contributed by atoms with Crippen molar-refractivity contribution in [3.8, 4) is 11.5 Å². The van der Waals surface area contributed by atoms with Crippen molar-refractivity contribution in [2.45, 2.75) is 44.2 Å². The molecule has 0 bridgehead atoms. The molecule has 7 heteroatoms. The number of amides is 2. The van der Waals surface area contributed by atoms with E-state index in [0.717, 1.165) is 30.6 Å². The molecular formula is C27H30N2O4S. The zero-order valence-electron chi connectivity index (χ0n) is 19.5. The number of methoxy groups -OCH3 is 2. The molecule has 3 aromatic rings. The van der Waals surface area contributed by atoms with Crippen LogP contribution in [0.1, 0.15) is 42.2 Å². The molecule has 0 aliphatic heterocycles. The Bertz CT molecular complexity index is 1110. The lowest BCUT2D eigenvalue weighted by Crippen LogP contribution is -2.47. The summed E-state index contributed by atoms with van der Waals surface area (Å²) >= 11 is 1.52. The number of benzene rings is 2. The van der Waals surface area contributed by atoms with E-state index in [1.54, 1.807) is 25.2 Å². The van der Waals surface area contributed by atoms with Crippen LogP contribution in [-0.4, -0.2) is 32.1 Å². The van der Waals surface area contributed by atoms with Gasteiger partial charge in [-0.05, 0) is 54.1 Å². The SMILES string of the molecule is COc1cccc(C(C(=O)NC2CCCC2)N(C(=O)Cc2cccs2)c2ccccc2OC)c1. The molecular weight excluding hydrogens is 448 g/mol. The van der Waals surface area contributed by atoms with Crippen LogP contribution in [0.5, 0.6) is 11.5 Å². The van der Waals surface area contributed by atoms with E-state index in [-0.39, 0.29) is 24.3 Å². The van der Waals surface area contributed by atoms with Crippen LogP contribution in [0.15, 0.2) is 66.0 Å². The Labute approximate surface area is 204 Å². The summed E-state index contributed by atoms with van der Waals surface area (Å²) in [6, 6.07) is 17.8. The number of para-hydroxylation sites is 2. The van der Waals surface area contributed by atoms with Crippen LogP contribution in [-0.2, 0) is 16.0 Å². The molecule has 1 fully saturated rings. The smallest absolute Gasteiger partial charge is 0.248 e. The first-order valence-electron chi connectivity index (χ1n) is 11.5. The highest BCUT2D eigenvalue weighted by molar-refractivity contribution is 7.10. The number of ether oxygens (including phenoxy) is 2. The van der Waals surface area contributed by atoms with Crippen LogP contribution in [0, 0.1) is 0 Å². The van der Waals surface area contributed by atoms with Crippen molar-refractivity contribution in [1.82, 2.24) is 5.32 Å². The summed E-state index contributed by atoms with van der Waals surface area (Å²) in [5, 5.41) is 5.15. The minimum atomic E-state index is -0.875. The van der Waals surface area contributed by atoms with Gasteiger partial charge < -0.3 is 14.8 Å². The predicted molar refractivity (Wildman–Crippen MR) is 135 cm³/mol. The number of carbonyl (C=O) groups excluding carboxylic acids is 2. The number of rotatable bonds is 9. The number of nitrogens with one attached hydrogen (secondary N) is 1. The fraction of sp³-hybridized carbons (Fsp3) is 0.333. The molecule has 1 heterocycles. The first-order valence-corrected chi connectivity index (χ1v) is 12.4. The zero-order valence-corrected chi connectivity index (χ0v) is 20.3. The second kappa shape index (κ2) is 11.2. The molecule has 1 aromatic heterocycles. The summed E-state index contributed by atoms with van der Waals surface area (Å²) < 4.78 is 11.0. The maximum atomic E-state index is 13.9. The van der Waals surface area contributed by atoms with Crippen molar-refractivity contribution >= 4 is 28.8 Å². The van der Waals surface area contributed by atoms with Crippen LogP contribution in [0.4, 0.5) is 5.69 Å². The van der Waals surface area contributed by atoms with Gasteiger partial charge in [0.05, 0.1) is 26.3 Å².